The molecule has 1 rings (SSSR count). The van der Waals surface area contributed by atoms with Crippen molar-refractivity contribution in [3.05, 3.63) is 17.8 Å². The van der Waals surface area contributed by atoms with Crippen molar-refractivity contribution in [2.75, 3.05) is 24.2 Å². The molecule has 0 bridgehead atoms. The predicted molar refractivity (Wildman–Crippen MR) is 52.3 cm³/mol. The van der Waals surface area contributed by atoms with Gasteiger partial charge in [-0.25, -0.2) is 4.98 Å². The SMILES string of the molecule is CCN(C)c1ccc(N)c(C)n1. The molecule has 0 unspecified atom stereocenters. The zero-order valence-corrected chi connectivity index (χ0v) is 7.83. The first kappa shape index (κ1) is 8.84. The highest BCUT2D eigenvalue weighted by atomic mass is 15.2. The molecule has 0 spiro atoms. The third kappa shape index (κ3) is 1.67. The molecule has 0 aromatic carbocycles. The molecule has 3 heteroatoms. The van der Waals surface area contributed by atoms with Gasteiger partial charge in [0.25, 0.3) is 0 Å². The summed E-state index contributed by atoms with van der Waals surface area (Å²) in [4.78, 5) is 6.42. The lowest BCUT2D eigenvalue weighted by Gasteiger charge is -2.16. The Bertz CT molecular complexity index is 270. The number of rotatable bonds is 2. The quantitative estimate of drug-likeness (QED) is 0.720. The minimum Gasteiger partial charge on any atom is -0.397 e. The van der Waals surface area contributed by atoms with E-state index in [4.69, 9.17) is 5.73 Å². The molecule has 66 valence electrons. The lowest BCUT2D eigenvalue weighted by Crippen LogP contribution is -2.17. The fourth-order valence-corrected chi connectivity index (χ4v) is 0.933. The van der Waals surface area contributed by atoms with E-state index >= 15 is 0 Å². The number of aryl methyl sites for hydroxylation is 1. The Labute approximate surface area is 73.2 Å². The van der Waals surface area contributed by atoms with Crippen molar-refractivity contribution in [3.8, 4) is 0 Å². The van der Waals surface area contributed by atoms with Crippen LogP contribution in [0.2, 0.25) is 0 Å². The summed E-state index contributed by atoms with van der Waals surface area (Å²) in [5, 5.41) is 0. The molecule has 3 nitrogen and oxygen atoms in total. The minimum absolute atomic E-state index is 0.753. The summed E-state index contributed by atoms with van der Waals surface area (Å²) in [7, 11) is 2.01. The van der Waals surface area contributed by atoms with E-state index in [2.05, 4.69) is 16.8 Å². The van der Waals surface area contributed by atoms with Crippen LogP contribution in [-0.4, -0.2) is 18.6 Å². The molecule has 1 aromatic rings. The molecule has 2 N–H and O–H groups in total. The molecule has 12 heavy (non-hydrogen) atoms. The molecule has 0 amide bonds. The molecule has 0 saturated heterocycles. The molecule has 0 saturated carbocycles. The fraction of sp³-hybridized carbons (Fsp3) is 0.444. The van der Waals surface area contributed by atoms with Crippen LogP contribution in [0.4, 0.5) is 11.5 Å². The van der Waals surface area contributed by atoms with Gasteiger partial charge >= 0.3 is 0 Å². The number of hydrogen-bond donors (Lipinski definition) is 1. The molecule has 0 aliphatic rings. The fourth-order valence-electron chi connectivity index (χ4n) is 0.933. The van der Waals surface area contributed by atoms with Crippen molar-refractivity contribution in [2.45, 2.75) is 13.8 Å². The Kier molecular flexibility index (Phi) is 2.53. The largest absolute Gasteiger partial charge is 0.397 e. The van der Waals surface area contributed by atoms with E-state index in [0.717, 1.165) is 23.7 Å². The zero-order valence-electron chi connectivity index (χ0n) is 7.83. The second kappa shape index (κ2) is 3.43. The van der Waals surface area contributed by atoms with Crippen LogP contribution in [0.1, 0.15) is 12.6 Å². The second-order valence-electron chi connectivity index (χ2n) is 2.86. The van der Waals surface area contributed by atoms with E-state index < -0.39 is 0 Å². The van der Waals surface area contributed by atoms with E-state index in [-0.39, 0.29) is 0 Å². The smallest absolute Gasteiger partial charge is 0.128 e. The maximum absolute atomic E-state index is 5.65. The Morgan fingerprint density at radius 2 is 2.17 bits per heavy atom. The molecule has 0 aliphatic carbocycles. The Morgan fingerprint density at radius 1 is 1.50 bits per heavy atom. The van der Waals surface area contributed by atoms with Crippen molar-refractivity contribution in [1.82, 2.24) is 4.98 Å². The van der Waals surface area contributed by atoms with E-state index in [1.54, 1.807) is 0 Å². The van der Waals surface area contributed by atoms with Gasteiger partial charge in [0, 0.05) is 13.6 Å². The molecule has 0 aliphatic heterocycles. The van der Waals surface area contributed by atoms with Crippen molar-refractivity contribution >= 4 is 11.5 Å². The van der Waals surface area contributed by atoms with Crippen LogP contribution in [0.3, 0.4) is 0 Å². The summed E-state index contributed by atoms with van der Waals surface area (Å²) in [6.45, 7) is 4.96. The average molecular weight is 165 g/mol. The monoisotopic (exact) mass is 165 g/mol. The van der Waals surface area contributed by atoms with Crippen LogP contribution in [0, 0.1) is 6.92 Å². The first-order chi connectivity index (χ1) is 5.65. The highest BCUT2D eigenvalue weighted by Crippen LogP contribution is 2.14. The van der Waals surface area contributed by atoms with Crippen LogP contribution in [-0.2, 0) is 0 Å². The average Bonchev–Trinajstić information content (AvgIpc) is 2.08. The molecular formula is C9H15N3. The lowest BCUT2D eigenvalue weighted by molar-refractivity contribution is 0.932. The molecule has 1 heterocycles. The van der Waals surface area contributed by atoms with Gasteiger partial charge in [-0.3, -0.25) is 0 Å². The highest BCUT2D eigenvalue weighted by Gasteiger charge is 2.00. The summed E-state index contributed by atoms with van der Waals surface area (Å²) in [5.74, 6) is 0.976. The summed E-state index contributed by atoms with van der Waals surface area (Å²) in [6, 6.07) is 3.83. The van der Waals surface area contributed by atoms with Gasteiger partial charge in [0.2, 0.25) is 0 Å². The standard InChI is InChI=1S/C9H15N3/c1-4-12(3)9-6-5-8(10)7(2)11-9/h5-6H,4,10H2,1-3H3. The Balaban J connectivity index is 2.96. The molecular weight excluding hydrogens is 150 g/mol. The summed E-state index contributed by atoms with van der Waals surface area (Å²) in [6.07, 6.45) is 0. The number of anilines is 2. The van der Waals surface area contributed by atoms with Gasteiger partial charge in [0.05, 0.1) is 11.4 Å². The van der Waals surface area contributed by atoms with E-state index in [1.165, 1.54) is 0 Å². The van der Waals surface area contributed by atoms with Gasteiger partial charge in [-0.15, -0.1) is 0 Å². The second-order valence-corrected chi connectivity index (χ2v) is 2.86. The number of pyridine rings is 1. The Morgan fingerprint density at radius 3 is 2.67 bits per heavy atom. The van der Waals surface area contributed by atoms with Gasteiger partial charge < -0.3 is 10.6 Å². The zero-order chi connectivity index (χ0) is 9.14. The lowest BCUT2D eigenvalue weighted by atomic mass is 10.3. The van der Waals surface area contributed by atoms with Gasteiger partial charge in [0.15, 0.2) is 0 Å². The molecule has 0 fully saturated rings. The summed E-state index contributed by atoms with van der Waals surface area (Å²) >= 11 is 0. The number of aromatic nitrogens is 1. The first-order valence-electron chi connectivity index (χ1n) is 4.09. The maximum Gasteiger partial charge on any atom is 0.128 e. The Hall–Kier alpha value is -1.25. The van der Waals surface area contributed by atoms with Crippen LogP contribution in [0.15, 0.2) is 12.1 Å². The minimum atomic E-state index is 0.753. The summed E-state index contributed by atoms with van der Waals surface area (Å²) in [5.41, 5.74) is 7.30. The van der Waals surface area contributed by atoms with Gasteiger partial charge in [-0.05, 0) is 26.0 Å². The van der Waals surface area contributed by atoms with E-state index in [0.29, 0.717) is 0 Å². The van der Waals surface area contributed by atoms with Crippen molar-refractivity contribution in [1.29, 1.82) is 0 Å². The summed E-state index contributed by atoms with van der Waals surface area (Å²) < 4.78 is 0. The maximum atomic E-state index is 5.65. The molecule has 0 atom stereocenters. The van der Waals surface area contributed by atoms with Gasteiger partial charge in [-0.1, -0.05) is 0 Å². The van der Waals surface area contributed by atoms with E-state index in [9.17, 15) is 0 Å². The van der Waals surface area contributed by atoms with Crippen LogP contribution >= 0.6 is 0 Å². The number of nitrogen functional groups attached to an aromatic ring is 1. The third-order valence-corrected chi connectivity index (χ3v) is 1.98. The highest BCUT2D eigenvalue weighted by molar-refractivity contribution is 5.49. The molecule has 1 aromatic heterocycles. The van der Waals surface area contributed by atoms with Crippen molar-refractivity contribution in [3.63, 3.8) is 0 Å². The van der Waals surface area contributed by atoms with Gasteiger partial charge in [-0.2, -0.15) is 0 Å². The van der Waals surface area contributed by atoms with Crippen LogP contribution in [0.25, 0.3) is 0 Å². The number of nitrogens with zero attached hydrogens (tertiary/aromatic N) is 2. The third-order valence-electron chi connectivity index (χ3n) is 1.98. The van der Waals surface area contributed by atoms with Crippen LogP contribution in [0.5, 0.6) is 0 Å². The predicted octanol–water partition coefficient (Wildman–Crippen LogP) is 1.43. The van der Waals surface area contributed by atoms with Crippen molar-refractivity contribution < 1.29 is 0 Å². The number of hydrogen-bond acceptors (Lipinski definition) is 3. The van der Waals surface area contributed by atoms with Gasteiger partial charge in [0.1, 0.15) is 5.82 Å². The molecule has 0 radical (unpaired) electrons. The normalized spacial score (nSPS) is 9.92. The topological polar surface area (TPSA) is 42.1 Å². The first-order valence-corrected chi connectivity index (χ1v) is 4.09. The number of nitrogens with two attached hydrogens (primary N) is 1. The van der Waals surface area contributed by atoms with Crippen LogP contribution < -0.4 is 10.6 Å². The van der Waals surface area contributed by atoms with Crippen molar-refractivity contribution in [2.24, 2.45) is 0 Å². The van der Waals surface area contributed by atoms with E-state index in [1.807, 2.05) is 26.1 Å².